The minimum atomic E-state index is -0.506. The molecule has 0 unspecified atom stereocenters. The van der Waals surface area contributed by atoms with Gasteiger partial charge in [-0.3, -0.25) is 9.78 Å². The Morgan fingerprint density at radius 3 is 2.95 bits per heavy atom. The number of aromatic amines is 1. The zero-order valence-electron chi connectivity index (χ0n) is 11.9. The molecule has 3 rings (SSSR count). The molecule has 6 nitrogen and oxygen atoms in total. The van der Waals surface area contributed by atoms with Crippen molar-refractivity contribution < 1.29 is 13.9 Å². The van der Waals surface area contributed by atoms with Crippen LogP contribution in [-0.2, 0) is 11.2 Å². The molecule has 0 saturated carbocycles. The van der Waals surface area contributed by atoms with E-state index in [9.17, 15) is 9.59 Å². The first kappa shape index (κ1) is 13.9. The van der Waals surface area contributed by atoms with Crippen molar-refractivity contribution in [2.24, 2.45) is 0 Å². The summed E-state index contributed by atoms with van der Waals surface area (Å²) >= 11 is 0. The number of oxazole rings is 1. The fourth-order valence-electron chi connectivity index (χ4n) is 2.20. The van der Waals surface area contributed by atoms with E-state index in [4.69, 9.17) is 9.15 Å². The Morgan fingerprint density at radius 1 is 1.27 bits per heavy atom. The number of ether oxygens (including phenoxy) is 1. The van der Waals surface area contributed by atoms with Crippen molar-refractivity contribution in [3.63, 3.8) is 0 Å². The first-order chi connectivity index (χ1) is 10.6. The molecule has 0 atom stereocenters. The van der Waals surface area contributed by atoms with Gasteiger partial charge in [-0.15, -0.1) is 0 Å². The van der Waals surface area contributed by atoms with Crippen molar-refractivity contribution in [3.05, 3.63) is 58.6 Å². The topological polar surface area (TPSA) is 84.3 Å². The Balaban J connectivity index is 1.73. The summed E-state index contributed by atoms with van der Waals surface area (Å²) in [6, 6.07) is 12.3. The van der Waals surface area contributed by atoms with E-state index in [-0.39, 0.29) is 12.3 Å². The predicted molar refractivity (Wildman–Crippen MR) is 82.2 cm³/mol. The number of H-pyrrole nitrogens is 1. The second-order valence-corrected chi connectivity index (χ2v) is 4.80. The maximum Gasteiger partial charge on any atom is 0.417 e. The van der Waals surface area contributed by atoms with Gasteiger partial charge in [-0.05, 0) is 29.8 Å². The van der Waals surface area contributed by atoms with Gasteiger partial charge in [-0.2, -0.15) is 0 Å². The van der Waals surface area contributed by atoms with Crippen LogP contribution in [0.15, 0.2) is 51.7 Å². The molecule has 2 aromatic carbocycles. The summed E-state index contributed by atoms with van der Waals surface area (Å²) in [6.45, 7) is 0. The molecular formula is C16H14N2O4. The molecule has 1 amide bonds. The molecule has 0 radical (unpaired) electrons. The maximum absolute atomic E-state index is 12.1. The highest BCUT2D eigenvalue weighted by molar-refractivity contribution is 5.92. The fraction of sp³-hybridized carbons (Fsp3) is 0.125. The molecule has 6 heteroatoms. The van der Waals surface area contributed by atoms with Crippen LogP contribution in [0.3, 0.4) is 0 Å². The largest absolute Gasteiger partial charge is 0.497 e. The number of hydrogen-bond donors (Lipinski definition) is 2. The highest BCUT2D eigenvalue weighted by Crippen LogP contribution is 2.17. The van der Waals surface area contributed by atoms with Gasteiger partial charge in [0.2, 0.25) is 5.91 Å². The van der Waals surface area contributed by atoms with Crippen LogP contribution in [0.4, 0.5) is 5.69 Å². The van der Waals surface area contributed by atoms with Crippen molar-refractivity contribution in [3.8, 4) is 5.75 Å². The Labute approximate surface area is 125 Å². The third-order valence-corrected chi connectivity index (χ3v) is 3.20. The second kappa shape index (κ2) is 5.77. The lowest BCUT2D eigenvalue weighted by atomic mass is 10.1. The van der Waals surface area contributed by atoms with Gasteiger partial charge < -0.3 is 14.5 Å². The van der Waals surface area contributed by atoms with E-state index in [0.717, 1.165) is 5.56 Å². The van der Waals surface area contributed by atoms with Crippen molar-refractivity contribution in [2.45, 2.75) is 6.42 Å². The van der Waals surface area contributed by atoms with Gasteiger partial charge >= 0.3 is 5.76 Å². The van der Waals surface area contributed by atoms with E-state index in [1.54, 1.807) is 49.6 Å². The monoisotopic (exact) mass is 298 g/mol. The van der Waals surface area contributed by atoms with Gasteiger partial charge in [0.05, 0.1) is 19.0 Å². The summed E-state index contributed by atoms with van der Waals surface area (Å²) in [6.07, 6.45) is 0.195. The number of hydrogen-bond acceptors (Lipinski definition) is 4. The summed E-state index contributed by atoms with van der Waals surface area (Å²) in [5, 5.41) is 2.80. The highest BCUT2D eigenvalue weighted by atomic mass is 16.5. The number of carbonyl (C=O) groups excluding carboxylic acids is 1. The van der Waals surface area contributed by atoms with Crippen molar-refractivity contribution in [2.75, 3.05) is 12.4 Å². The van der Waals surface area contributed by atoms with Crippen LogP contribution < -0.4 is 15.8 Å². The fourth-order valence-corrected chi connectivity index (χ4v) is 2.20. The molecule has 0 aliphatic heterocycles. The van der Waals surface area contributed by atoms with E-state index in [2.05, 4.69) is 10.3 Å². The summed E-state index contributed by atoms with van der Waals surface area (Å²) in [4.78, 5) is 25.8. The molecule has 1 aromatic heterocycles. The Bertz CT molecular complexity index is 879. The zero-order chi connectivity index (χ0) is 15.5. The Hall–Kier alpha value is -3.02. The quantitative estimate of drug-likeness (QED) is 0.774. The van der Waals surface area contributed by atoms with Gasteiger partial charge in [-0.1, -0.05) is 12.1 Å². The van der Waals surface area contributed by atoms with E-state index in [0.29, 0.717) is 22.5 Å². The summed E-state index contributed by atoms with van der Waals surface area (Å²) < 4.78 is 10.0. The lowest BCUT2D eigenvalue weighted by molar-refractivity contribution is -0.115. The Kier molecular flexibility index (Phi) is 3.65. The summed E-state index contributed by atoms with van der Waals surface area (Å²) in [5.41, 5.74) is 2.51. The first-order valence-electron chi connectivity index (χ1n) is 6.70. The molecule has 1 heterocycles. The van der Waals surface area contributed by atoms with Crippen LogP contribution in [0.25, 0.3) is 11.1 Å². The molecule has 0 bridgehead atoms. The maximum atomic E-state index is 12.1. The van der Waals surface area contributed by atoms with Gasteiger partial charge in [0.15, 0.2) is 5.58 Å². The van der Waals surface area contributed by atoms with E-state index < -0.39 is 5.76 Å². The lowest BCUT2D eigenvalue weighted by Gasteiger charge is -2.07. The average molecular weight is 298 g/mol. The standard InChI is InChI=1S/C16H14N2O4/c1-21-12-4-2-3-11(9-12)17-15(19)8-10-5-6-14-13(7-10)18-16(20)22-14/h2-7,9H,8H2,1H3,(H,17,19)(H,18,20). The number of anilines is 1. The number of carbonyl (C=O) groups is 1. The van der Waals surface area contributed by atoms with Crippen LogP contribution in [0.5, 0.6) is 5.75 Å². The molecule has 2 N–H and O–H groups in total. The second-order valence-electron chi connectivity index (χ2n) is 4.80. The third-order valence-electron chi connectivity index (χ3n) is 3.20. The van der Waals surface area contributed by atoms with Crippen LogP contribution in [-0.4, -0.2) is 18.0 Å². The Morgan fingerprint density at radius 2 is 2.14 bits per heavy atom. The SMILES string of the molecule is COc1cccc(NC(=O)Cc2ccc3oc(=O)[nH]c3c2)c1. The van der Waals surface area contributed by atoms with Crippen molar-refractivity contribution >= 4 is 22.7 Å². The average Bonchev–Trinajstić information content (AvgIpc) is 2.86. The molecule has 3 aromatic rings. The van der Waals surface area contributed by atoms with Crippen LogP contribution in [0, 0.1) is 0 Å². The number of fused-ring (bicyclic) bond motifs is 1. The van der Waals surface area contributed by atoms with Crippen LogP contribution in [0.1, 0.15) is 5.56 Å². The number of amides is 1. The summed E-state index contributed by atoms with van der Waals surface area (Å²) in [7, 11) is 1.57. The van der Waals surface area contributed by atoms with Crippen LogP contribution >= 0.6 is 0 Å². The lowest BCUT2D eigenvalue weighted by Crippen LogP contribution is -2.14. The van der Waals surface area contributed by atoms with Gasteiger partial charge in [0, 0.05) is 11.8 Å². The molecule has 22 heavy (non-hydrogen) atoms. The number of aromatic nitrogens is 1. The number of rotatable bonds is 4. The highest BCUT2D eigenvalue weighted by Gasteiger charge is 2.07. The smallest absolute Gasteiger partial charge is 0.417 e. The molecule has 0 fully saturated rings. The zero-order valence-corrected chi connectivity index (χ0v) is 11.9. The number of methoxy groups -OCH3 is 1. The van der Waals surface area contributed by atoms with E-state index in [1.807, 2.05) is 0 Å². The molecule has 0 spiro atoms. The third kappa shape index (κ3) is 3.01. The molecule has 0 aliphatic rings. The molecular weight excluding hydrogens is 284 g/mol. The molecule has 0 aliphatic carbocycles. The van der Waals surface area contributed by atoms with Crippen LogP contribution in [0.2, 0.25) is 0 Å². The normalized spacial score (nSPS) is 10.6. The van der Waals surface area contributed by atoms with Gasteiger partial charge in [-0.25, -0.2) is 4.79 Å². The first-order valence-corrected chi connectivity index (χ1v) is 6.70. The molecule has 0 saturated heterocycles. The minimum absolute atomic E-state index is 0.154. The van der Waals surface area contributed by atoms with Gasteiger partial charge in [0.25, 0.3) is 0 Å². The van der Waals surface area contributed by atoms with Crippen molar-refractivity contribution in [1.29, 1.82) is 0 Å². The van der Waals surface area contributed by atoms with E-state index in [1.165, 1.54) is 0 Å². The minimum Gasteiger partial charge on any atom is -0.497 e. The summed E-state index contributed by atoms with van der Waals surface area (Å²) in [5.74, 6) is 0.0154. The van der Waals surface area contributed by atoms with Gasteiger partial charge in [0.1, 0.15) is 5.75 Å². The predicted octanol–water partition coefficient (Wildman–Crippen LogP) is 2.31. The number of benzene rings is 2. The van der Waals surface area contributed by atoms with Crippen molar-refractivity contribution in [1.82, 2.24) is 4.98 Å². The van der Waals surface area contributed by atoms with E-state index >= 15 is 0 Å². The molecule has 112 valence electrons. The number of nitrogens with one attached hydrogen (secondary N) is 2.